The number of halogens is 2. The van der Waals surface area contributed by atoms with Gasteiger partial charge in [-0.15, -0.1) is 0 Å². The van der Waals surface area contributed by atoms with E-state index in [2.05, 4.69) is 12.1 Å². The number of carbonyl (C=O) groups is 1. The third-order valence-electron chi connectivity index (χ3n) is 6.70. The molecule has 0 bridgehead atoms. The lowest BCUT2D eigenvalue weighted by atomic mass is 9.91. The summed E-state index contributed by atoms with van der Waals surface area (Å²) in [5.74, 6) is 0.788. The fourth-order valence-corrected chi connectivity index (χ4v) is 7.55. The Balaban J connectivity index is 1.33. The van der Waals surface area contributed by atoms with Crippen molar-refractivity contribution >= 4 is 27.6 Å². The summed E-state index contributed by atoms with van der Waals surface area (Å²) in [5, 5.41) is 2.18. The smallest absolute Gasteiger partial charge is 0.345 e. The molecule has 0 unspecified atom stereocenters. The highest BCUT2D eigenvalue weighted by Gasteiger charge is 2.40. The summed E-state index contributed by atoms with van der Waals surface area (Å²) in [6.45, 7) is -0.236. The second-order valence-electron chi connectivity index (χ2n) is 8.81. The molecule has 3 nitrogen and oxygen atoms in total. The van der Waals surface area contributed by atoms with Gasteiger partial charge < -0.3 is 9.47 Å². The molecule has 0 amide bonds. The monoisotopic (exact) mass is 469 g/mol. The molecule has 0 N–H and O–H groups in total. The number of benzene rings is 3. The average molecular weight is 470 g/mol. The van der Waals surface area contributed by atoms with Crippen molar-refractivity contribution in [2.24, 2.45) is 0 Å². The topological polar surface area (TPSA) is 35.5 Å². The van der Waals surface area contributed by atoms with Crippen LogP contribution in [0.5, 0.6) is 5.75 Å². The highest BCUT2D eigenvalue weighted by atomic mass is 32.2. The fraction of sp³-hybridized carbons (Fsp3) is 0.370. The molecule has 1 saturated heterocycles. The predicted molar refractivity (Wildman–Crippen MR) is 127 cm³/mol. The molecule has 33 heavy (non-hydrogen) atoms. The minimum atomic E-state index is -0.930. The van der Waals surface area contributed by atoms with Gasteiger partial charge >= 0.3 is 5.97 Å². The lowest BCUT2D eigenvalue weighted by molar-refractivity contribution is -0.163. The third kappa shape index (κ3) is 4.45. The maximum Gasteiger partial charge on any atom is 0.345 e. The van der Waals surface area contributed by atoms with Gasteiger partial charge in [-0.1, -0.05) is 24.3 Å². The van der Waals surface area contributed by atoms with E-state index in [0.29, 0.717) is 24.2 Å². The number of carbonyl (C=O) groups excluding carboxylic acids is 1. The molecule has 3 aromatic carbocycles. The fourth-order valence-electron chi connectivity index (χ4n) is 5.06. The van der Waals surface area contributed by atoms with Crippen LogP contribution in [0.3, 0.4) is 0 Å². The molecule has 1 aliphatic heterocycles. The molecule has 3 aromatic rings. The summed E-state index contributed by atoms with van der Waals surface area (Å²) in [6, 6.07) is 16.0. The Bertz CT molecular complexity index is 1170. The molecule has 2 fully saturated rings. The Kier molecular flexibility index (Phi) is 6.28. The minimum absolute atomic E-state index is 0.236. The normalized spacial score (nSPS) is 18.0. The first-order valence-corrected chi connectivity index (χ1v) is 13.1. The Labute approximate surface area is 195 Å². The average Bonchev–Trinajstić information content (AvgIpc) is 3.52. The van der Waals surface area contributed by atoms with Gasteiger partial charge in [0.05, 0.1) is 0 Å². The van der Waals surface area contributed by atoms with E-state index in [1.165, 1.54) is 40.7 Å². The molecule has 172 valence electrons. The van der Waals surface area contributed by atoms with Crippen molar-refractivity contribution in [2.45, 2.75) is 49.0 Å². The first kappa shape index (κ1) is 22.2. The molecule has 0 atom stereocenters. The first-order chi connectivity index (χ1) is 16.1. The van der Waals surface area contributed by atoms with E-state index in [4.69, 9.17) is 9.47 Å². The van der Waals surface area contributed by atoms with Gasteiger partial charge in [0, 0.05) is 21.7 Å². The summed E-state index contributed by atoms with van der Waals surface area (Å²) in [7, 11) is 0.275. The molecule has 2 aliphatic rings. The number of hydrogen-bond donors (Lipinski definition) is 0. The van der Waals surface area contributed by atoms with Crippen molar-refractivity contribution in [1.29, 1.82) is 0 Å². The minimum Gasteiger partial charge on any atom is -0.481 e. The van der Waals surface area contributed by atoms with Crippen molar-refractivity contribution in [1.82, 2.24) is 0 Å². The van der Waals surface area contributed by atoms with Crippen LogP contribution in [0.2, 0.25) is 0 Å². The zero-order valence-corrected chi connectivity index (χ0v) is 19.3. The van der Waals surface area contributed by atoms with E-state index >= 15 is 0 Å². The van der Waals surface area contributed by atoms with Gasteiger partial charge in [0.15, 0.2) is 23.1 Å². The number of rotatable bonds is 6. The predicted octanol–water partition coefficient (Wildman–Crippen LogP) is 6.28. The first-order valence-electron chi connectivity index (χ1n) is 11.6. The van der Waals surface area contributed by atoms with Gasteiger partial charge in [0.1, 0.15) is 22.9 Å². The summed E-state index contributed by atoms with van der Waals surface area (Å²) in [5.41, 5.74) is -0.426. The van der Waals surface area contributed by atoms with Crippen LogP contribution in [0.4, 0.5) is 8.78 Å². The number of ether oxygens (including phenoxy) is 2. The zero-order chi connectivity index (χ0) is 22.8. The maximum atomic E-state index is 13.9. The maximum absolute atomic E-state index is 13.9. The van der Waals surface area contributed by atoms with Crippen molar-refractivity contribution in [2.75, 3.05) is 18.1 Å². The van der Waals surface area contributed by atoms with Crippen molar-refractivity contribution in [3.63, 3.8) is 0 Å². The summed E-state index contributed by atoms with van der Waals surface area (Å²) in [6.07, 6.45) is 5.46. The Hall–Kier alpha value is -2.60. The van der Waals surface area contributed by atoms with E-state index in [9.17, 15) is 13.6 Å². The number of fused-ring (bicyclic) bond motifs is 1. The van der Waals surface area contributed by atoms with Gasteiger partial charge in [0.2, 0.25) is 0 Å². The van der Waals surface area contributed by atoms with Crippen LogP contribution in [0, 0.1) is 11.6 Å². The highest BCUT2D eigenvalue weighted by molar-refractivity contribution is 7.97. The largest absolute Gasteiger partial charge is 0.481 e. The van der Waals surface area contributed by atoms with Crippen molar-refractivity contribution in [3.8, 4) is 5.75 Å². The summed E-state index contributed by atoms with van der Waals surface area (Å²) in [4.78, 5) is 14.2. The quantitative estimate of drug-likeness (QED) is 0.315. The molecule has 1 heterocycles. The number of hydrogen-bond acceptors (Lipinski definition) is 3. The van der Waals surface area contributed by atoms with Crippen LogP contribution in [-0.4, -0.2) is 24.1 Å². The van der Waals surface area contributed by atoms with Crippen LogP contribution in [0.15, 0.2) is 59.5 Å². The molecule has 0 aromatic heterocycles. The van der Waals surface area contributed by atoms with Crippen LogP contribution in [0.1, 0.15) is 44.1 Å². The van der Waals surface area contributed by atoms with E-state index < -0.39 is 23.2 Å². The summed E-state index contributed by atoms with van der Waals surface area (Å²) < 4.78 is 39.1. The third-order valence-corrected chi connectivity index (χ3v) is 9.24. The van der Waals surface area contributed by atoms with Gasteiger partial charge in [-0.25, -0.2) is 13.6 Å². The van der Waals surface area contributed by atoms with Crippen LogP contribution in [-0.2, 0) is 26.0 Å². The molecule has 1 aliphatic carbocycles. The Morgan fingerprint density at radius 2 is 1.61 bits per heavy atom. The van der Waals surface area contributed by atoms with Crippen LogP contribution >= 0.6 is 0 Å². The van der Waals surface area contributed by atoms with Crippen LogP contribution < -0.4 is 4.74 Å². The molecule has 1 saturated carbocycles. The molecular formula is C27H27F2O3S+. The van der Waals surface area contributed by atoms with E-state index in [-0.39, 0.29) is 17.5 Å². The Morgan fingerprint density at radius 3 is 2.33 bits per heavy atom. The lowest BCUT2D eigenvalue weighted by Crippen LogP contribution is -2.32. The molecule has 5 rings (SSSR count). The highest BCUT2D eigenvalue weighted by Crippen LogP contribution is 2.43. The van der Waals surface area contributed by atoms with Gasteiger partial charge in [-0.05, 0) is 74.4 Å². The zero-order valence-electron chi connectivity index (χ0n) is 18.4. The number of esters is 1. The molecule has 0 spiro atoms. The van der Waals surface area contributed by atoms with Crippen LogP contribution in [0.25, 0.3) is 10.8 Å². The standard InChI is InChI=1S/C27H27F2O3S/c28-22-10-9-19(17-23(22)29)27(13-3-4-14-27)32-26(30)18-31-24-11-12-25(33-15-5-6-16-33)21-8-2-1-7-20(21)24/h1-2,7-12,17H,3-6,13-16,18H2/q+1. The lowest BCUT2D eigenvalue weighted by Gasteiger charge is -2.29. The van der Waals surface area contributed by atoms with E-state index in [0.717, 1.165) is 30.4 Å². The second-order valence-corrected chi connectivity index (χ2v) is 11.1. The molecule has 0 radical (unpaired) electrons. The van der Waals surface area contributed by atoms with Gasteiger partial charge in [-0.2, -0.15) is 0 Å². The van der Waals surface area contributed by atoms with E-state index in [1.807, 2.05) is 24.3 Å². The second kappa shape index (κ2) is 9.34. The van der Waals surface area contributed by atoms with Gasteiger partial charge in [-0.3, -0.25) is 0 Å². The van der Waals surface area contributed by atoms with Crippen molar-refractivity contribution in [3.05, 3.63) is 71.8 Å². The van der Waals surface area contributed by atoms with E-state index in [1.54, 1.807) is 0 Å². The Morgan fingerprint density at radius 1 is 0.879 bits per heavy atom. The molecular weight excluding hydrogens is 442 g/mol. The van der Waals surface area contributed by atoms with Gasteiger partial charge in [0.25, 0.3) is 0 Å². The SMILES string of the molecule is O=C(COc1ccc([S+]2CCCC2)c2ccccc12)OC1(c2ccc(F)c(F)c2)CCCC1. The van der Waals surface area contributed by atoms with Crippen molar-refractivity contribution < 1.29 is 23.0 Å². The molecule has 6 heteroatoms. The summed E-state index contributed by atoms with van der Waals surface area (Å²) >= 11 is 0.